The van der Waals surface area contributed by atoms with Gasteiger partial charge in [0.15, 0.2) is 5.52 Å². The Hall–Kier alpha value is -2.15. The maximum absolute atomic E-state index is 12.8. The predicted molar refractivity (Wildman–Crippen MR) is 102 cm³/mol. The topological polar surface area (TPSA) is 26.3 Å². The number of ether oxygens (including phenoxy) is 1. The first-order valence-corrected chi connectivity index (χ1v) is 8.87. The van der Waals surface area contributed by atoms with Crippen LogP contribution in [0.15, 0.2) is 72.8 Å². The zero-order valence-corrected chi connectivity index (χ0v) is 14.9. The molecular formula is C20H16ClO2P. The lowest BCUT2D eigenvalue weighted by atomic mass is 10.1. The fourth-order valence-electron chi connectivity index (χ4n) is 2.54. The first kappa shape index (κ1) is 16.7. The number of benzene rings is 3. The van der Waals surface area contributed by atoms with Crippen LogP contribution in [-0.4, -0.2) is 12.6 Å². The summed E-state index contributed by atoms with van der Waals surface area (Å²) in [5, 5.41) is 1.42. The average molecular weight is 355 g/mol. The number of carbonyl (C=O) groups excluding carboxylic acids is 1. The molecule has 3 aromatic carbocycles. The van der Waals surface area contributed by atoms with Crippen molar-refractivity contribution in [3.8, 4) is 16.9 Å². The van der Waals surface area contributed by atoms with Crippen LogP contribution in [0.5, 0.6) is 5.75 Å². The minimum absolute atomic E-state index is 0.0270. The van der Waals surface area contributed by atoms with Gasteiger partial charge in [-0.25, -0.2) is 0 Å². The van der Waals surface area contributed by atoms with E-state index in [1.165, 1.54) is 0 Å². The van der Waals surface area contributed by atoms with Crippen molar-refractivity contribution in [3.05, 3.63) is 83.4 Å². The third-order valence-electron chi connectivity index (χ3n) is 3.68. The highest BCUT2D eigenvalue weighted by molar-refractivity contribution is 7.66. The standard InChI is InChI=1S/C20H16ClO2P/c1-23-17-12-7-11-16(21)19(17)20(22)24-18-13-6-5-10-15(18)14-8-3-2-4-9-14/h2-13,24H,1H3. The number of hydrogen-bond donors (Lipinski definition) is 0. The fourth-order valence-corrected chi connectivity index (χ4v) is 4.04. The molecule has 0 N–H and O–H groups in total. The predicted octanol–water partition coefficient (Wildman–Crippen LogP) is 5.16. The van der Waals surface area contributed by atoms with E-state index in [4.69, 9.17) is 16.3 Å². The van der Waals surface area contributed by atoms with Gasteiger partial charge in [-0.05, 0) is 37.1 Å². The van der Waals surface area contributed by atoms with Crippen molar-refractivity contribution in [1.82, 2.24) is 0 Å². The van der Waals surface area contributed by atoms with Gasteiger partial charge < -0.3 is 4.74 Å². The molecule has 0 bridgehead atoms. The Morgan fingerprint density at radius 2 is 1.62 bits per heavy atom. The van der Waals surface area contributed by atoms with E-state index in [1.54, 1.807) is 25.3 Å². The van der Waals surface area contributed by atoms with Crippen LogP contribution in [0, 0.1) is 0 Å². The number of rotatable bonds is 5. The highest BCUT2D eigenvalue weighted by atomic mass is 35.5. The lowest BCUT2D eigenvalue weighted by Gasteiger charge is -2.12. The van der Waals surface area contributed by atoms with Crippen LogP contribution in [0.1, 0.15) is 10.4 Å². The smallest absolute Gasteiger partial charge is 0.190 e. The minimum atomic E-state index is -0.0275. The summed E-state index contributed by atoms with van der Waals surface area (Å²) >= 11 is 6.23. The van der Waals surface area contributed by atoms with Crippen molar-refractivity contribution in [2.24, 2.45) is 0 Å². The molecule has 4 heteroatoms. The Bertz CT molecular complexity index is 863. The van der Waals surface area contributed by atoms with Gasteiger partial charge in [0.2, 0.25) is 0 Å². The Morgan fingerprint density at radius 1 is 0.917 bits per heavy atom. The normalized spacial score (nSPS) is 10.9. The maximum Gasteiger partial charge on any atom is 0.190 e. The molecule has 1 unspecified atom stereocenters. The summed E-state index contributed by atoms with van der Waals surface area (Å²) in [7, 11) is 1.52. The van der Waals surface area contributed by atoms with E-state index in [0.717, 1.165) is 16.4 Å². The van der Waals surface area contributed by atoms with Crippen LogP contribution in [0.4, 0.5) is 0 Å². The maximum atomic E-state index is 12.8. The second kappa shape index (κ2) is 7.61. The molecule has 0 spiro atoms. The van der Waals surface area contributed by atoms with Crippen molar-refractivity contribution in [3.63, 3.8) is 0 Å². The number of carbonyl (C=O) groups is 1. The van der Waals surface area contributed by atoms with E-state index >= 15 is 0 Å². The average Bonchev–Trinajstić information content (AvgIpc) is 2.62. The van der Waals surface area contributed by atoms with Crippen molar-refractivity contribution in [2.45, 2.75) is 0 Å². The summed E-state index contributed by atoms with van der Waals surface area (Å²) in [6.07, 6.45) is 0. The van der Waals surface area contributed by atoms with Gasteiger partial charge in [0.05, 0.1) is 17.7 Å². The molecule has 3 rings (SSSR count). The molecule has 0 aliphatic rings. The highest BCUT2D eigenvalue weighted by Gasteiger charge is 2.18. The van der Waals surface area contributed by atoms with E-state index in [-0.39, 0.29) is 14.1 Å². The Kier molecular flexibility index (Phi) is 5.30. The number of halogens is 1. The summed E-state index contributed by atoms with van der Waals surface area (Å²) in [4.78, 5) is 12.8. The van der Waals surface area contributed by atoms with Crippen molar-refractivity contribution in [1.29, 1.82) is 0 Å². The van der Waals surface area contributed by atoms with Crippen molar-refractivity contribution in [2.75, 3.05) is 7.11 Å². The molecule has 3 aromatic rings. The van der Waals surface area contributed by atoms with Crippen molar-refractivity contribution >= 4 is 31.0 Å². The van der Waals surface area contributed by atoms with Gasteiger partial charge in [0.25, 0.3) is 0 Å². The fraction of sp³-hybridized carbons (Fsp3) is 0.0500. The first-order chi connectivity index (χ1) is 11.7. The Balaban J connectivity index is 1.97. The lowest BCUT2D eigenvalue weighted by molar-refractivity contribution is 0.108. The van der Waals surface area contributed by atoms with Crippen LogP contribution >= 0.6 is 20.2 Å². The molecule has 0 amide bonds. The third kappa shape index (κ3) is 3.51. The van der Waals surface area contributed by atoms with E-state index < -0.39 is 0 Å². The second-order valence-corrected chi connectivity index (χ2v) is 6.83. The molecule has 0 heterocycles. The van der Waals surface area contributed by atoms with Crippen LogP contribution < -0.4 is 10.0 Å². The van der Waals surface area contributed by atoms with Gasteiger partial charge in [-0.15, -0.1) is 0 Å². The molecule has 0 radical (unpaired) electrons. The Morgan fingerprint density at radius 3 is 2.38 bits per heavy atom. The summed E-state index contributed by atoms with van der Waals surface area (Å²) in [6.45, 7) is 0. The van der Waals surface area contributed by atoms with E-state index in [0.29, 0.717) is 16.3 Å². The molecular weight excluding hydrogens is 339 g/mol. The van der Waals surface area contributed by atoms with Crippen LogP contribution in [0.3, 0.4) is 0 Å². The van der Waals surface area contributed by atoms with Gasteiger partial charge in [0.1, 0.15) is 5.75 Å². The van der Waals surface area contributed by atoms with Gasteiger partial charge in [0, 0.05) is 0 Å². The van der Waals surface area contributed by atoms with E-state index in [2.05, 4.69) is 0 Å². The van der Waals surface area contributed by atoms with Crippen LogP contribution in [0.25, 0.3) is 11.1 Å². The summed E-state index contributed by atoms with van der Waals surface area (Å²) in [6, 6.07) is 23.3. The SMILES string of the molecule is COc1cccc(Cl)c1C(=O)Pc1ccccc1-c1ccccc1. The number of methoxy groups -OCH3 is 1. The van der Waals surface area contributed by atoms with Crippen molar-refractivity contribution < 1.29 is 9.53 Å². The zero-order valence-electron chi connectivity index (χ0n) is 13.1. The Labute approximate surface area is 148 Å². The second-order valence-electron chi connectivity index (χ2n) is 5.18. The molecule has 1 atom stereocenters. The van der Waals surface area contributed by atoms with E-state index in [1.807, 2.05) is 54.6 Å². The molecule has 0 saturated carbocycles. The lowest BCUT2D eigenvalue weighted by Crippen LogP contribution is -2.06. The molecule has 0 saturated heterocycles. The van der Waals surface area contributed by atoms with Gasteiger partial charge in [-0.3, -0.25) is 4.79 Å². The highest BCUT2D eigenvalue weighted by Crippen LogP contribution is 2.33. The third-order valence-corrected chi connectivity index (χ3v) is 5.18. The minimum Gasteiger partial charge on any atom is -0.496 e. The molecule has 0 aromatic heterocycles. The monoisotopic (exact) mass is 354 g/mol. The first-order valence-electron chi connectivity index (χ1n) is 7.49. The van der Waals surface area contributed by atoms with Gasteiger partial charge >= 0.3 is 0 Å². The quantitative estimate of drug-likeness (QED) is 0.591. The molecule has 0 aliphatic heterocycles. The van der Waals surface area contributed by atoms with Gasteiger partial charge in [-0.1, -0.05) is 72.3 Å². The molecule has 0 fully saturated rings. The van der Waals surface area contributed by atoms with Gasteiger partial charge in [-0.2, -0.15) is 0 Å². The van der Waals surface area contributed by atoms with E-state index in [9.17, 15) is 4.79 Å². The summed E-state index contributed by atoms with van der Waals surface area (Å²) < 4.78 is 5.30. The zero-order chi connectivity index (χ0) is 16.9. The number of hydrogen-bond acceptors (Lipinski definition) is 2. The summed E-state index contributed by atoms with van der Waals surface area (Å²) in [5.74, 6) is 0.511. The summed E-state index contributed by atoms with van der Waals surface area (Å²) in [5.41, 5.74) is 2.58. The molecule has 24 heavy (non-hydrogen) atoms. The largest absolute Gasteiger partial charge is 0.496 e. The van der Waals surface area contributed by atoms with Crippen LogP contribution in [0.2, 0.25) is 5.02 Å². The molecule has 2 nitrogen and oxygen atoms in total. The molecule has 0 aliphatic carbocycles. The van der Waals surface area contributed by atoms with Crippen LogP contribution in [-0.2, 0) is 0 Å². The molecule has 120 valence electrons.